The van der Waals surface area contributed by atoms with Gasteiger partial charge in [-0.25, -0.2) is 0 Å². The second-order valence-corrected chi connectivity index (χ2v) is 3.14. The van der Waals surface area contributed by atoms with Crippen molar-refractivity contribution in [2.24, 2.45) is 0 Å². The maximum atomic E-state index is 10.7. The largest absolute Gasteiger partial charge is 0.302 e. The quantitative estimate of drug-likeness (QED) is 0.619. The Morgan fingerprint density at radius 3 is 2.67 bits per heavy atom. The van der Waals surface area contributed by atoms with Crippen LogP contribution in [0.4, 0.5) is 0 Å². The van der Waals surface area contributed by atoms with Crippen molar-refractivity contribution in [2.75, 3.05) is 13.6 Å². The maximum absolute atomic E-state index is 10.7. The van der Waals surface area contributed by atoms with E-state index in [9.17, 15) is 4.79 Å². The van der Waals surface area contributed by atoms with Crippen LogP contribution in [0.1, 0.15) is 26.7 Å². The van der Waals surface area contributed by atoms with Crippen molar-refractivity contribution in [1.82, 2.24) is 4.90 Å². The third-order valence-corrected chi connectivity index (χ3v) is 1.91. The zero-order valence-electron chi connectivity index (χ0n) is 8.00. The standard InChI is InChI=1S/C9H16N2O/c1-8(7-9(2)12)11(3)6-4-5-10/h8H,4,6-7H2,1-3H3. The van der Waals surface area contributed by atoms with Crippen molar-refractivity contribution in [1.29, 1.82) is 5.26 Å². The molecule has 1 unspecified atom stereocenters. The molecule has 0 saturated carbocycles. The van der Waals surface area contributed by atoms with Crippen LogP contribution in [0.3, 0.4) is 0 Å². The lowest BCUT2D eigenvalue weighted by atomic mass is 10.1. The molecule has 3 heteroatoms. The van der Waals surface area contributed by atoms with Crippen molar-refractivity contribution in [3.05, 3.63) is 0 Å². The van der Waals surface area contributed by atoms with Crippen LogP contribution in [0.5, 0.6) is 0 Å². The van der Waals surface area contributed by atoms with E-state index in [4.69, 9.17) is 5.26 Å². The topological polar surface area (TPSA) is 44.1 Å². The first kappa shape index (κ1) is 11.1. The fourth-order valence-corrected chi connectivity index (χ4v) is 1.02. The number of hydrogen-bond acceptors (Lipinski definition) is 3. The van der Waals surface area contributed by atoms with Crippen molar-refractivity contribution >= 4 is 5.78 Å². The predicted octanol–water partition coefficient (Wildman–Crippen LogP) is 1.20. The highest BCUT2D eigenvalue weighted by Crippen LogP contribution is 2.01. The minimum absolute atomic E-state index is 0.200. The number of nitriles is 1. The second-order valence-electron chi connectivity index (χ2n) is 3.14. The normalized spacial score (nSPS) is 12.6. The van der Waals surface area contributed by atoms with E-state index in [-0.39, 0.29) is 11.8 Å². The number of Topliss-reactive ketones (excluding diaryl/α,β-unsaturated/α-hetero) is 1. The molecule has 0 aromatic carbocycles. The fraction of sp³-hybridized carbons (Fsp3) is 0.778. The molecule has 3 nitrogen and oxygen atoms in total. The number of carbonyl (C=O) groups is 1. The van der Waals surface area contributed by atoms with Crippen LogP contribution in [0.15, 0.2) is 0 Å². The van der Waals surface area contributed by atoms with E-state index in [1.54, 1.807) is 6.92 Å². The third-order valence-electron chi connectivity index (χ3n) is 1.91. The highest BCUT2D eigenvalue weighted by Gasteiger charge is 2.09. The average Bonchev–Trinajstić information content (AvgIpc) is 1.98. The minimum Gasteiger partial charge on any atom is -0.302 e. The summed E-state index contributed by atoms with van der Waals surface area (Å²) in [6, 6.07) is 2.33. The third kappa shape index (κ3) is 4.86. The van der Waals surface area contributed by atoms with Crippen LogP contribution >= 0.6 is 0 Å². The van der Waals surface area contributed by atoms with E-state index in [0.717, 1.165) is 6.54 Å². The molecule has 0 aromatic heterocycles. The van der Waals surface area contributed by atoms with E-state index in [1.165, 1.54) is 0 Å². The average molecular weight is 168 g/mol. The first-order valence-electron chi connectivity index (χ1n) is 4.14. The Balaban J connectivity index is 3.69. The lowest BCUT2D eigenvalue weighted by Crippen LogP contribution is -2.31. The van der Waals surface area contributed by atoms with Gasteiger partial charge in [0.15, 0.2) is 0 Å². The van der Waals surface area contributed by atoms with Gasteiger partial charge in [0.05, 0.1) is 6.07 Å². The Kier molecular flexibility index (Phi) is 5.31. The highest BCUT2D eigenvalue weighted by atomic mass is 16.1. The molecule has 0 spiro atoms. The van der Waals surface area contributed by atoms with Gasteiger partial charge in [-0.05, 0) is 20.9 Å². The van der Waals surface area contributed by atoms with Gasteiger partial charge in [0, 0.05) is 25.4 Å². The van der Waals surface area contributed by atoms with Crippen molar-refractivity contribution < 1.29 is 4.79 Å². The van der Waals surface area contributed by atoms with Crippen LogP contribution in [0.25, 0.3) is 0 Å². The summed E-state index contributed by atoms with van der Waals surface area (Å²) in [6.07, 6.45) is 1.10. The smallest absolute Gasteiger partial charge is 0.131 e. The molecule has 1 atom stereocenters. The molecule has 0 aliphatic heterocycles. The van der Waals surface area contributed by atoms with Crippen LogP contribution in [-0.2, 0) is 4.79 Å². The molecule has 0 bridgehead atoms. The summed E-state index contributed by atoms with van der Waals surface area (Å²) >= 11 is 0. The van der Waals surface area contributed by atoms with Gasteiger partial charge in [-0.1, -0.05) is 0 Å². The monoisotopic (exact) mass is 168 g/mol. The Hall–Kier alpha value is -0.880. The summed E-state index contributed by atoms with van der Waals surface area (Å²) in [5.74, 6) is 0.200. The number of ketones is 1. The van der Waals surface area contributed by atoms with Crippen LogP contribution in [-0.4, -0.2) is 30.3 Å². The number of hydrogen-bond donors (Lipinski definition) is 0. The SMILES string of the molecule is CC(=O)CC(C)N(C)CCC#N. The Morgan fingerprint density at radius 2 is 2.25 bits per heavy atom. The maximum Gasteiger partial charge on any atom is 0.131 e. The van der Waals surface area contributed by atoms with E-state index in [2.05, 4.69) is 6.07 Å². The van der Waals surface area contributed by atoms with Gasteiger partial charge in [-0.3, -0.25) is 4.79 Å². The van der Waals surface area contributed by atoms with E-state index in [0.29, 0.717) is 12.8 Å². The number of nitrogens with zero attached hydrogens (tertiary/aromatic N) is 2. The second kappa shape index (κ2) is 5.73. The molecular formula is C9H16N2O. The molecule has 0 N–H and O–H groups in total. The predicted molar refractivity (Wildman–Crippen MR) is 47.6 cm³/mol. The minimum atomic E-state index is 0.200. The lowest BCUT2D eigenvalue weighted by molar-refractivity contribution is -0.118. The van der Waals surface area contributed by atoms with E-state index >= 15 is 0 Å². The van der Waals surface area contributed by atoms with Gasteiger partial charge in [-0.2, -0.15) is 5.26 Å². The zero-order valence-corrected chi connectivity index (χ0v) is 8.00. The van der Waals surface area contributed by atoms with Gasteiger partial charge >= 0.3 is 0 Å². The van der Waals surface area contributed by atoms with Gasteiger partial charge in [0.25, 0.3) is 0 Å². The van der Waals surface area contributed by atoms with Crippen LogP contribution in [0.2, 0.25) is 0 Å². The summed E-state index contributed by atoms with van der Waals surface area (Å²) in [7, 11) is 1.94. The Bertz CT molecular complexity index is 183. The molecule has 0 aliphatic rings. The molecule has 0 aliphatic carbocycles. The van der Waals surface area contributed by atoms with Gasteiger partial charge in [0.2, 0.25) is 0 Å². The molecule has 0 fully saturated rings. The van der Waals surface area contributed by atoms with E-state index < -0.39 is 0 Å². The van der Waals surface area contributed by atoms with Crippen molar-refractivity contribution in [2.45, 2.75) is 32.7 Å². The molecular weight excluding hydrogens is 152 g/mol. The van der Waals surface area contributed by atoms with Crippen molar-refractivity contribution in [3.8, 4) is 6.07 Å². The van der Waals surface area contributed by atoms with Crippen LogP contribution < -0.4 is 0 Å². The zero-order chi connectivity index (χ0) is 9.56. The molecule has 0 rings (SSSR count). The summed E-state index contributed by atoms with van der Waals surface area (Å²) in [5.41, 5.74) is 0. The Morgan fingerprint density at radius 1 is 1.67 bits per heavy atom. The molecule has 0 radical (unpaired) electrons. The highest BCUT2D eigenvalue weighted by molar-refractivity contribution is 5.76. The first-order chi connectivity index (χ1) is 5.57. The molecule has 0 heterocycles. The number of carbonyl (C=O) groups excluding carboxylic acids is 1. The van der Waals surface area contributed by atoms with Gasteiger partial charge in [0.1, 0.15) is 5.78 Å². The van der Waals surface area contributed by atoms with Gasteiger partial charge < -0.3 is 4.90 Å². The lowest BCUT2D eigenvalue weighted by Gasteiger charge is -2.22. The van der Waals surface area contributed by atoms with E-state index in [1.807, 2.05) is 18.9 Å². The Labute approximate surface area is 74.0 Å². The molecule has 12 heavy (non-hydrogen) atoms. The summed E-state index contributed by atoms with van der Waals surface area (Å²) < 4.78 is 0. The van der Waals surface area contributed by atoms with Crippen molar-refractivity contribution in [3.63, 3.8) is 0 Å². The summed E-state index contributed by atoms with van der Waals surface area (Å²) in [4.78, 5) is 12.8. The first-order valence-corrected chi connectivity index (χ1v) is 4.14. The number of rotatable bonds is 5. The van der Waals surface area contributed by atoms with Gasteiger partial charge in [-0.15, -0.1) is 0 Å². The van der Waals surface area contributed by atoms with Crippen LogP contribution in [0, 0.1) is 11.3 Å². The molecule has 0 amide bonds. The summed E-state index contributed by atoms with van der Waals surface area (Å²) in [5, 5.41) is 8.34. The summed E-state index contributed by atoms with van der Waals surface area (Å²) in [6.45, 7) is 4.33. The molecule has 68 valence electrons. The molecule has 0 saturated heterocycles. The fourth-order valence-electron chi connectivity index (χ4n) is 1.02. The molecule has 0 aromatic rings.